The molecular formula is C16H20ClN3. The Labute approximate surface area is 125 Å². The molecule has 0 radical (unpaired) electrons. The summed E-state index contributed by atoms with van der Waals surface area (Å²) >= 11 is 5.97. The maximum absolute atomic E-state index is 5.97. The fourth-order valence-corrected chi connectivity index (χ4v) is 3.12. The summed E-state index contributed by atoms with van der Waals surface area (Å²) in [6.45, 7) is 3.28. The van der Waals surface area contributed by atoms with Crippen LogP contribution in [0.4, 0.5) is 0 Å². The first-order chi connectivity index (χ1) is 9.72. The van der Waals surface area contributed by atoms with E-state index in [9.17, 15) is 0 Å². The van der Waals surface area contributed by atoms with Crippen LogP contribution in [-0.2, 0) is 13.6 Å². The van der Waals surface area contributed by atoms with E-state index in [2.05, 4.69) is 28.2 Å². The molecule has 2 heterocycles. The Bertz CT molecular complexity index is 561. The van der Waals surface area contributed by atoms with Crippen molar-refractivity contribution in [2.24, 2.45) is 7.05 Å². The maximum Gasteiger partial charge on any atom is 0.0521 e. The van der Waals surface area contributed by atoms with Crippen LogP contribution in [0.2, 0.25) is 5.02 Å². The van der Waals surface area contributed by atoms with E-state index in [1.54, 1.807) is 0 Å². The number of hydrogen-bond donors (Lipinski definition) is 0. The molecule has 1 aromatic heterocycles. The summed E-state index contributed by atoms with van der Waals surface area (Å²) in [6.07, 6.45) is 4.39. The van der Waals surface area contributed by atoms with Gasteiger partial charge in [-0.25, -0.2) is 0 Å². The van der Waals surface area contributed by atoms with Crippen LogP contribution in [0.15, 0.2) is 36.5 Å². The van der Waals surface area contributed by atoms with Crippen molar-refractivity contribution in [3.05, 3.63) is 52.8 Å². The minimum Gasteiger partial charge on any atom is -0.297 e. The number of rotatable bonds is 3. The third-order valence-electron chi connectivity index (χ3n) is 4.15. The number of aromatic nitrogens is 2. The van der Waals surface area contributed by atoms with E-state index in [1.165, 1.54) is 30.6 Å². The molecule has 0 spiro atoms. The first-order valence-electron chi connectivity index (χ1n) is 7.17. The molecule has 1 aliphatic heterocycles. The molecule has 3 rings (SSSR count). The van der Waals surface area contributed by atoms with E-state index in [0.717, 1.165) is 18.1 Å². The Kier molecular flexibility index (Phi) is 4.08. The van der Waals surface area contributed by atoms with Crippen LogP contribution in [0.25, 0.3) is 0 Å². The van der Waals surface area contributed by atoms with E-state index in [-0.39, 0.29) is 0 Å². The smallest absolute Gasteiger partial charge is 0.0521 e. The van der Waals surface area contributed by atoms with Crippen LogP contribution in [-0.4, -0.2) is 27.8 Å². The number of aryl methyl sites for hydroxylation is 1. The average Bonchev–Trinajstić information content (AvgIpc) is 2.85. The lowest BCUT2D eigenvalue weighted by Gasteiger charge is -2.33. The quantitative estimate of drug-likeness (QED) is 0.863. The number of hydrogen-bond acceptors (Lipinski definition) is 2. The zero-order chi connectivity index (χ0) is 13.9. The summed E-state index contributed by atoms with van der Waals surface area (Å²) < 4.78 is 1.96. The number of likely N-dealkylation sites (tertiary alicyclic amines) is 1. The molecule has 1 fully saturated rings. The Morgan fingerprint density at radius 3 is 2.75 bits per heavy atom. The van der Waals surface area contributed by atoms with E-state index in [0.29, 0.717) is 5.92 Å². The predicted octanol–water partition coefficient (Wildman–Crippen LogP) is 3.45. The highest BCUT2D eigenvalue weighted by molar-refractivity contribution is 6.30. The van der Waals surface area contributed by atoms with Gasteiger partial charge in [0.15, 0.2) is 0 Å². The molecule has 0 aliphatic carbocycles. The maximum atomic E-state index is 5.97. The van der Waals surface area contributed by atoms with Crippen molar-refractivity contribution in [3.63, 3.8) is 0 Å². The van der Waals surface area contributed by atoms with Crippen LogP contribution in [0.1, 0.15) is 30.0 Å². The largest absolute Gasteiger partial charge is 0.297 e. The van der Waals surface area contributed by atoms with Crippen molar-refractivity contribution < 1.29 is 0 Å². The summed E-state index contributed by atoms with van der Waals surface area (Å²) in [6, 6.07) is 10.4. The summed E-state index contributed by atoms with van der Waals surface area (Å²) in [5, 5.41) is 5.06. The normalized spacial score (nSPS) is 20.2. The van der Waals surface area contributed by atoms with Gasteiger partial charge in [-0.1, -0.05) is 23.7 Å². The third kappa shape index (κ3) is 3.05. The van der Waals surface area contributed by atoms with Crippen LogP contribution in [0.5, 0.6) is 0 Å². The Morgan fingerprint density at radius 2 is 2.05 bits per heavy atom. The molecule has 1 aliphatic rings. The highest BCUT2D eigenvalue weighted by Gasteiger charge is 2.21. The molecule has 4 heteroatoms. The van der Waals surface area contributed by atoms with Crippen LogP contribution >= 0.6 is 11.6 Å². The fraction of sp³-hybridized carbons (Fsp3) is 0.438. The molecule has 1 aromatic carbocycles. The minimum absolute atomic E-state index is 0.620. The molecular weight excluding hydrogens is 270 g/mol. The van der Waals surface area contributed by atoms with Crippen molar-refractivity contribution in [2.45, 2.75) is 25.3 Å². The Hall–Kier alpha value is -1.32. The molecule has 106 valence electrons. The van der Waals surface area contributed by atoms with Crippen LogP contribution in [0, 0.1) is 0 Å². The second kappa shape index (κ2) is 5.98. The first kappa shape index (κ1) is 13.7. The van der Waals surface area contributed by atoms with E-state index in [4.69, 9.17) is 11.6 Å². The zero-order valence-corrected chi connectivity index (χ0v) is 12.6. The SMILES string of the molecule is Cn1nccc1CN1CCCC(c2ccc(Cl)cc2)C1. The summed E-state index contributed by atoms with van der Waals surface area (Å²) in [7, 11) is 2.01. The second-order valence-electron chi connectivity index (χ2n) is 5.57. The summed E-state index contributed by atoms with van der Waals surface area (Å²) in [4.78, 5) is 2.53. The van der Waals surface area contributed by atoms with Gasteiger partial charge < -0.3 is 0 Å². The standard InChI is InChI=1S/C16H20ClN3/c1-19-16(8-9-18-19)12-20-10-2-3-14(11-20)13-4-6-15(17)7-5-13/h4-9,14H,2-3,10-12H2,1H3. The average molecular weight is 290 g/mol. The van der Waals surface area contributed by atoms with Crippen molar-refractivity contribution in [1.82, 2.24) is 14.7 Å². The lowest BCUT2D eigenvalue weighted by Crippen LogP contribution is -2.34. The first-order valence-corrected chi connectivity index (χ1v) is 7.55. The third-order valence-corrected chi connectivity index (χ3v) is 4.41. The van der Waals surface area contributed by atoms with Gasteiger partial charge in [0, 0.05) is 31.4 Å². The molecule has 3 nitrogen and oxygen atoms in total. The van der Waals surface area contributed by atoms with Gasteiger partial charge in [0.2, 0.25) is 0 Å². The molecule has 0 amide bonds. The minimum atomic E-state index is 0.620. The number of halogens is 1. The van der Waals surface area contributed by atoms with Gasteiger partial charge in [-0.15, -0.1) is 0 Å². The second-order valence-corrected chi connectivity index (χ2v) is 6.01. The Balaban J connectivity index is 1.67. The fourth-order valence-electron chi connectivity index (χ4n) is 2.99. The van der Waals surface area contributed by atoms with E-state index in [1.807, 2.05) is 30.1 Å². The van der Waals surface area contributed by atoms with Crippen molar-refractivity contribution in [3.8, 4) is 0 Å². The zero-order valence-electron chi connectivity index (χ0n) is 11.8. The highest BCUT2D eigenvalue weighted by atomic mass is 35.5. The van der Waals surface area contributed by atoms with Gasteiger partial charge in [0.05, 0.1) is 5.69 Å². The van der Waals surface area contributed by atoms with Gasteiger partial charge in [0.25, 0.3) is 0 Å². The number of benzene rings is 1. The van der Waals surface area contributed by atoms with Crippen molar-refractivity contribution in [1.29, 1.82) is 0 Å². The molecule has 2 aromatic rings. The Morgan fingerprint density at radius 1 is 1.25 bits per heavy atom. The molecule has 1 atom stereocenters. The number of nitrogens with zero attached hydrogens (tertiary/aromatic N) is 3. The van der Waals surface area contributed by atoms with Crippen LogP contribution in [0.3, 0.4) is 0 Å². The highest BCUT2D eigenvalue weighted by Crippen LogP contribution is 2.28. The van der Waals surface area contributed by atoms with Crippen molar-refractivity contribution >= 4 is 11.6 Å². The summed E-state index contributed by atoms with van der Waals surface area (Å²) in [5.41, 5.74) is 2.69. The molecule has 0 bridgehead atoms. The lowest BCUT2D eigenvalue weighted by molar-refractivity contribution is 0.196. The van der Waals surface area contributed by atoms with Gasteiger partial charge in [-0.3, -0.25) is 9.58 Å². The molecule has 20 heavy (non-hydrogen) atoms. The molecule has 1 unspecified atom stereocenters. The van der Waals surface area contributed by atoms with Crippen molar-refractivity contribution in [2.75, 3.05) is 13.1 Å². The molecule has 0 N–H and O–H groups in total. The van der Waals surface area contributed by atoms with Gasteiger partial charge in [-0.2, -0.15) is 5.10 Å². The van der Waals surface area contributed by atoms with E-state index >= 15 is 0 Å². The number of piperidine rings is 1. The monoisotopic (exact) mass is 289 g/mol. The van der Waals surface area contributed by atoms with Crippen LogP contribution < -0.4 is 0 Å². The topological polar surface area (TPSA) is 21.1 Å². The molecule has 1 saturated heterocycles. The predicted molar refractivity (Wildman–Crippen MR) is 81.9 cm³/mol. The van der Waals surface area contributed by atoms with E-state index < -0.39 is 0 Å². The lowest BCUT2D eigenvalue weighted by atomic mass is 9.90. The van der Waals surface area contributed by atoms with Gasteiger partial charge in [-0.05, 0) is 49.1 Å². The van der Waals surface area contributed by atoms with Gasteiger partial charge >= 0.3 is 0 Å². The molecule has 0 saturated carbocycles. The summed E-state index contributed by atoms with van der Waals surface area (Å²) in [5.74, 6) is 0.620. The van der Waals surface area contributed by atoms with Gasteiger partial charge in [0.1, 0.15) is 0 Å².